The fourth-order valence-corrected chi connectivity index (χ4v) is 2.74. The van der Waals surface area contributed by atoms with Gasteiger partial charge in [0.1, 0.15) is 0 Å². The Morgan fingerprint density at radius 3 is 2.84 bits per heavy atom. The van der Waals surface area contributed by atoms with E-state index in [0.717, 1.165) is 30.9 Å². The number of hydrogen-bond acceptors (Lipinski definition) is 4. The summed E-state index contributed by atoms with van der Waals surface area (Å²) in [5.41, 5.74) is 0. The van der Waals surface area contributed by atoms with Gasteiger partial charge in [-0.05, 0) is 30.3 Å². The first-order chi connectivity index (χ1) is 9.13. The minimum atomic E-state index is 0.236. The maximum Gasteiger partial charge on any atom is 0.172 e. The molecule has 0 bridgehead atoms. The molecule has 0 saturated carbocycles. The lowest BCUT2D eigenvalue weighted by atomic mass is 10.1. The zero-order valence-corrected chi connectivity index (χ0v) is 12.6. The van der Waals surface area contributed by atoms with Crippen molar-refractivity contribution in [2.75, 3.05) is 19.6 Å². The Bertz CT molecular complexity index is 406. The second-order valence-electron chi connectivity index (χ2n) is 5.11. The van der Waals surface area contributed by atoms with Crippen molar-refractivity contribution in [3.05, 3.63) is 22.4 Å². The summed E-state index contributed by atoms with van der Waals surface area (Å²) in [6.07, 6.45) is 2.03. The van der Waals surface area contributed by atoms with E-state index in [2.05, 4.69) is 24.8 Å². The van der Waals surface area contributed by atoms with Gasteiger partial charge < -0.3 is 4.90 Å². The topological polar surface area (TPSA) is 44.1 Å². The molecule has 0 aliphatic heterocycles. The molecule has 104 valence electrons. The monoisotopic (exact) mass is 278 g/mol. The van der Waals surface area contributed by atoms with Gasteiger partial charge in [0, 0.05) is 25.9 Å². The van der Waals surface area contributed by atoms with Gasteiger partial charge in [0.25, 0.3) is 0 Å². The van der Waals surface area contributed by atoms with Crippen LogP contribution < -0.4 is 0 Å². The minimum absolute atomic E-state index is 0.236. The zero-order valence-electron chi connectivity index (χ0n) is 11.8. The predicted molar refractivity (Wildman–Crippen MR) is 79.4 cm³/mol. The molecule has 0 aromatic carbocycles. The van der Waals surface area contributed by atoms with Crippen LogP contribution in [0.5, 0.6) is 0 Å². The first kappa shape index (κ1) is 15.9. The van der Waals surface area contributed by atoms with E-state index in [1.54, 1.807) is 0 Å². The highest BCUT2D eigenvalue weighted by Crippen LogP contribution is 2.12. The molecule has 0 amide bonds. The summed E-state index contributed by atoms with van der Waals surface area (Å²) in [4.78, 5) is 15.0. The smallest absolute Gasteiger partial charge is 0.172 e. The number of nitrogens with zero attached hydrogens (tertiary/aromatic N) is 2. The van der Waals surface area contributed by atoms with Gasteiger partial charge in [-0.1, -0.05) is 19.9 Å². The van der Waals surface area contributed by atoms with Crippen LogP contribution in [-0.4, -0.2) is 30.3 Å². The number of rotatable bonds is 9. The Morgan fingerprint density at radius 1 is 1.47 bits per heavy atom. The van der Waals surface area contributed by atoms with Crippen LogP contribution in [-0.2, 0) is 0 Å². The summed E-state index contributed by atoms with van der Waals surface area (Å²) in [6, 6.07) is 5.98. The average Bonchev–Trinajstić information content (AvgIpc) is 2.88. The molecule has 3 nitrogen and oxygen atoms in total. The molecule has 0 aliphatic carbocycles. The third-order valence-electron chi connectivity index (χ3n) is 2.84. The van der Waals surface area contributed by atoms with Crippen LogP contribution >= 0.6 is 11.3 Å². The van der Waals surface area contributed by atoms with E-state index < -0.39 is 0 Å². The summed E-state index contributed by atoms with van der Waals surface area (Å²) in [6.45, 7) is 7.06. The summed E-state index contributed by atoms with van der Waals surface area (Å²) < 4.78 is 0. The lowest BCUT2D eigenvalue weighted by Gasteiger charge is -2.22. The van der Waals surface area contributed by atoms with Crippen molar-refractivity contribution in [1.29, 1.82) is 5.26 Å². The fourth-order valence-electron chi connectivity index (χ4n) is 2.04. The Hall–Kier alpha value is -1.18. The van der Waals surface area contributed by atoms with Gasteiger partial charge in [-0.2, -0.15) is 5.26 Å². The number of hydrogen-bond donors (Lipinski definition) is 0. The number of carbonyl (C=O) groups is 1. The number of ketones is 1. The second kappa shape index (κ2) is 8.84. The quantitative estimate of drug-likeness (QED) is 0.648. The van der Waals surface area contributed by atoms with E-state index in [0.29, 0.717) is 18.8 Å². The highest BCUT2D eigenvalue weighted by atomic mass is 32.1. The van der Waals surface area contributed by atoms with Crippen LogP contribution in [0.15, 0.2) is 17.5 Å². The second-order valence-corrected chi connectivity index (χ2v) is 6.05. The van der Waals surface area contributed by atoms with Gasteiger partial charge in [-0.3, -0.25) is 4.79 Å². The van der Waals surface area contributed by atoms with Crippen LogP contribution in [0.25, 0.3) is 0 Å². The van der Waals surface area contributed by atoms with Crippen molar-refractivity contribution in [3.8, 4) is 6.07 Å². The van der Waals surface area contributed by atoms with E-state index in [-0.39, 0.29) is 5.78 Å². The fraction of sp³-hybridized carbons (Fsp3) is 0.600. The lowest BCUT2D eigenvalue weighted by Crippen LogP contribution is -2.30. The lowest BCUT2D eigenvalue weighted by molar-refractivity contribution is 0.0978. The van der Waals surface area contributed by atoms with E-state index >= 15 is 0 Å². The van der Waals surface area contributed by atoms with E-state index in [1.807, 2.05) is 17.5 Å². The summed E-state index contributed by atoms with van der Waals surface area (Å²) >= 11 is 1.51. The molecule has 1 aromatic heterocycles. The first-order valence-electron chi connectivity index (χ1n) is 6.79. The minimum Gasteiger partial charge on any atom is -0.302 e. The maximum atomic E-state index is 11.9. The molecule has 0 atom stereocenters. The van der Waals surface area contributed by atoms with Gasteiger partial charge in [0.15, 0.2) is 5.78 Å². The Labute approximate surface area is 119 Å². The Balaban J connectivity index is 2.31. The highest BCUT2D eigenvalue weighted by Gasteiger charge is 2.10. The van der Waals surface area contributed by atoms with E-state index in [4.69, 9.17) is 5.26 Å². The number of carbonyl (C=O) groups excluding carboxylic acids is 1. The maximum absolute atomic E-state index is 11.9. The molecule has 0 fully saturated rings. The largest absolute Gasteiger partial charge is 0.302 e. The van der Waals surface area contributed by atoms with Crippen LogP contribution in [0.4, 0.5) is 0 Å². The Kier molecular flexibility index (Phi) is 7.39. The normalized spacial score (nSPS) is 10.9. The van der Waals surface area contributed by atoms with Crippen molar-refractivity contribution < 1.29 is 4.79 Å². The van der Waals surface area contributed by atoms with Crippen LogP contribution in [0, 0.1) is 17.2 Å². The summed E-state index contributed by atoms with van der Waals surface area (Å²) in [7, 11) is 0. The van der Waals surface area contributed by atoms with Crippen molar-refractivity contribution >= 4 is 17.1 Å². The first-order valence-corrected chi connectivity index (χ1v) is 7.67. The summed E-state index contributed by atoms with van der Waals surface area (Å²) in [5.74, 6) is 0.825. The van der Waals surface area contributed by atoms with Crippen molar-refractivity contribution in [2.24, 2.45) is 5.92 Å². The molecule has 0 aliphatic rings. The van der Waals surface area contributed by atoms with Gasteiger partial charge >= 0.3 is 0 Å². The average molecular weight is 278 g/mol. The molecule has 0 radical (unpaired) electrons. The van der Waals surface area contributed by atoms with Gasteiger partial charge in [0.2, 0.25) is 0 Å². The van der Waals surface area contributed by atoms with E-state index in [9.17, 15) is 4.79 Å². The zero-order chi connectivity index (χ0) is 14.1. The molecule has 1 rings (SSSR count). The molecule has 1 aromatic rings. The molecule has 0 spiro atoms. The number of thiophene rings is 1. The number of Topliss-reactive ketones (excluding diaryl/α,β-unsaturated/α-hetero) is 1. The molecule has 0 N–H and O–H groups in total. The Morgan fingerprint density at radius 2 is 2.26 bits per heavy atom. The van der Waals surface area contributed by atoms with Crippen molar-refractivity contribution in [2.45, 2.75) is 33.1 Å². The number of nitriles is 1. The standard InChI is InChI=1S/C15H22N2OS/c1-13(2)12-17(10-5-8-16)9-3-6-14(18)15-7-4-11-19-15/h4,7,11,13H,3,5-6,9-10,12H2,1-2H3. The van der Waals surface area contributed by atoms with Crippen LogP contribution in [0.3, 0.4) is 0 Å². The molecule has 0 saturated heterocycles. The van der Waals surface area contributed by atoms with Gasteiger partial charge in [0.05, 0.1) is 10.9 Å². The molecule has 4 heteroatoms. The molecule has 0 unspecified atom stereocenters. The van der Waals surface area contributed by atoms with Crippen LogP contribution in [0.2, 0.25) is 0 Å². The van der Waals surface area contributed by atoms with Crippen LogP contribution in [0.1, 0.15) is 42.8 Å². The SMILES string of the molecule is CC(C)CN(CCC#N)CCCC(=O)c1cccs1. The van der Waals surface area contributed by atoms with Gasteiger partial charge in [-0.15, -0.1) is 11.3 Å². The molecule has 19 heavy (non-hydrogen) atoms. The summed E-state index contributed by atoms with van der Waals surface area (Å²) in [5, 5.41) is 10.6. The molecular weight excluding hydrogens is 256 g/mol. The molecular formula is C15H22N2OS. The van der Waals surface area contributed by atoms with Gasteiger partial charge in [-0.25, -0.2) is 0 Å². The van der Waals surface area contributed by atoms with Crippen molar-refractivity contribution in [1.82, 2.24) is 4.90 Å². The van der Waals surface area contributed by atoms with Crippen molar-refractivity contribution in [3.63, 3.8) is 0 Å². The third kappa shape index (κ3) is 6.51. The van der Waals surface area contributed by atoms with E-state index in [1.165, 1.54) is 11.3 Å². The highest BCUT2D eigenvalue weighted by molar-refractivity contribution is 7.12. The molecule has 1 heterocycles. The third-order valence-corrected chi connectivity index (χ3v) is 3.75. The predicted octanol–water partition coefficient (Wildman–Crippen LogP) is 3.58.